The van der Waals surface area contributed by atoms with E-state index in [0.717, 1.165) is 47.5 Å². The van der Waals surface area contributed by atoms with Crippen molar-refractivity contribution in [2.75, 3.05) is 4.90 Å². The molecule has 1 aromatic carbocycles. The van der Waals surface area contributed by atoms with Gasteiger partial charge in [0.25, 0.3) is 0 Å². The van der Waals surface area contributed by atoms with E-state index in [4.69, 9.17) is 0 Å². The molecule has 1 amide bonds. The Bertz CT molecular complexity index is 1320. The molecule has 10 heteroatoms. The van der Waals surface area contributed by atoms with Gasteiger partial charge >= 0.3 is 6.30 Å². The van der Waals surface area contributed by atoms with Gasteiger partial charge < -0.3 is 9.88 Å². The number of nitrogens with zero attached hydrogens (tertiary/aromatic N) is 5. The summed E-state index contributed by atoms with van der Waals surface area (Å²) in [6.07, 6.45) is 2.80. The van der Waals surface area contributed by atoms with Crippen molar-refractivity contribution in [3.05, 3.63) is 60.8 Å². The number of halogens is 3. The number of alkyl halides is 3. The quantitative estimate of drug-likeness (QED) is 0.479. The highest BCUT2D eigenvalue weighted by molar-refractivity contribution is 6.04. The molecule has 2 atom stereocenters. The Hall–Kier alpha value is -3.69. The number of hydrogen-bond acceptors (Lipinski definition) is 4. The monoisotopic (exact) mass is 438 g/mol. The van der Waals surface area contributed by atoms with Crippen LogP contribution in [0.5, 0.6) is 0 Å². The Kier molecular flexibility index (Phi) is 3.96. The van der Waals surface area contributed by atoms with Gasteiger partial charge in [-0.2, -0.15) is 9.78 Å². The molecule has 162 valence electrons. The Labute approximate surface area is 179 Å². The number of carbonyl (C=O) groups excluding carboxylic acids is 1. The van der Waals surface area contributed by atoms with Gasteiger partial charge in [0.2, 0.25) is 5.91 Å². The summed E-state index contributed by atoms with van der Waals surface area (Å²) in [4.78, 5) is 26.5. The van der Waals surface area contributed by atoms with Gasteiger partial charge in [0.15, 0.2) is 0 Å². The third kappa shape index (κ3) is 2.97. The molecule has 1 aliphatic heterocycles. The second kappa shape index (κ2) is 6.65. The fraction of sp³-hybridized carbons (Fsp3) is 0.273. The van der Waals surface area contributed by atoms with Crippen LogP contribution in [0.15, 0.2) is 55.2 Å². The number of imidazole rings is 1. The first-order valence-electron chi connectivity index (χ1n) is 10.2. The van der Waals surface area contributed by atoms with Gasteiger partial charge in [-0.15, -0.1) is 13.2 Å². The molecule has 0 radical (unpaired) electrons. The predicted octanol–water partition coefficient (Wildman–Crippen LogP) is 4.41. The summed E-state index contributed by atoms with van der Waals surface area (Å²) in [5, 5.41) is 3.37. The first-order valence-corrected chi connectivity index (χ1v) is 10.2. The minimum absolute atomic E-state index is 0.0427. The molecule has 0 unspecified atom stereocenters. The standard InChI is InChI=1S/C22H17F3N6O/c23-22(24,25)30-10-14(9-29-30)16-5-3-13(8-26-16)20-19(12-1-2-12)21(32)31(20)15-4-6-17-18(7-15)28-11-27-17/h3-12,19-20H,1-2H2,(H,27,28)/t19-,20+/m0/s1. The molecule has 0 spiro atoms. The normalized spacial score (nSPS) is 21.2. The average Bonchev–Trinajstić information content (AvgIpc) is 3.26. The molecule has 1 N–H and O–H groups in total. The highest BCUT2D eigenvalue weighted by Crippen LogP contribution is 2.54. The first-order chi connectivity index (χ1) is 15.4. The van der Waals surface area contributed by atoms with Crippen LogP contribution in [-0.2, 0) is 11.1 Å². The predicted molar refractivity (Wildman–Crippen MR) is 109 cm³/mol. The molecule has 2 aliphatic rings. The number of carbonyl (C=O) groups is 1. The lowest BCUT2D eigenvalue weighted by molar-refractivity contribution is -0.212. The lowest BCUT2D eigenvalue weighted by atomic mass is 9.79. The number of amides is 1. The van der Waals surface area contributed by atoms with E-state index in [0.29, 0.717) is 11.6 Å². The number of anilines is 1. The number of aromatic amines is 1. The molecule has 1 saturated heterocycles. The van der Waals surface area contributed by atoms with Crippen molar-refractivity contribution in [3.8, 4) is 11.3 Å². The van der Waals surface area contributed by atoms with Gasteiger partial charge in [0.05, 0.1) is 41.2 Å². The van der Waals surface area contributed by atoms with Gasteiger partial charge in [0, 0.05) is 23.6 Å². The summed E-state index contributed by atoms with van der Waals surface area (Å²) in [7, 11) is 0. The summed E-state index contributed by atoms with van der Waals surface area (Å²) in [5.74, 6) is 0.351. The number of fused-ring (bicyclic) bond motifs is 1. The van der Waals surface area contributed by atoms with Crippen LogP contribution in [0, 0.1) is 11.8 Å². The maximum atomic E-state index is 13.0. The zero-order valence-corrected chi connectivity index (χ0v) is 16.6. The number of aromatic nitrogens is 5. The molecular formula is C22H17F3N6O. The lowest BCUT2D eigenvalue weighted by Gasteiger charge is -2.47. The molecule has 7 nitrogen and oxygen atoms in total. The minimum Gasteiger partial charge on any atom is -0.345 e. The van der Waals surface area contributed by atoms with E-state index in [1.54, 1.807) is 23.5 Å². The molecule has 1 aliphatic carbocycles. The van der Waals surface area contributed by atoms with Crippen LogP contribution in [0.1, 0.15) is 24.4 Å². The van der Waals surface area contributed by atoms with Crippen molar-refractivity contribution in [2.45, 2.75) is 25.2 Å². The van der Waals surface area contributed by atoms with E-state index in [9.17, 15) is 18.0 Å². The van der Waals surface area contributed by atoms with Crippen LogP contribution in [0.4, 0.5) is 18.9 Å². The zero-order chi connectivity index (χ0) is 22.0. The Morgan fingerprint density at radius 3 is 2.59 bits per heavy atom. The largest absolute Gasteiger partial charge is 0.504 e. The molecule has 4 aromatic rings. The van der Waals surface area contributed by atoms with Crippen molar-refractivity contribution in [2.24, 2.45) is 11.8 Å². The Morgan fingerprint density at radius 2 is 1.91 bits per heavy atom. The summed E-state index contributed by atoms with van der Waals surface area (Å²) < 4.78 is 38.4. The van der Waals surface area contributed by atoms with E-state index >= 15 is 0 Å². The van der Waals surface area contributed by atoms with Crippen molar-refractivity contribution in [1.82, 2.24) is 24.7 Å². The van der Waals surface area contributed by atoms with E-state index in [1.807, 2.05) is 24.3 Å². The van der Waals surface area contributed by atoms with Crippen molar-refractivity contribution in [3.63, 3.8) is 0 Å². The topological polar surface area (TPSA) is 79.7 Å². The van der Waals surface area contributed by atoms with Crippen molar-refractivity contribution < 1.29 is 18.0 Å². The maximum absolute atomic E-state index is 13.0. The molecule has 4 heterocycles. The average molecular weight is 438 g/mol. The first kappa shape index (κ1) is 19.0. The third-order valence-electron chi connectivity index (χ3n) is 6.22. The van der Waals surface area contributed by atoms with Gasteiger partial charge in [-0.3, -0.25) is 9.78 Å². The smallest absolute Gasteiger partial charge is 0.345 e. The minimum atomic E-state index is -4.57. The summed E-state index contributed by atoms with van der Waals surface area (Å²) in [6, 6.07) is 9.01. The van der Waals surface area contributed by atoms with Gasteiger partial charge in [-0.05, 0) is 48.6 Å². The number of hydrogen-bond donors (Lipinski definition) is 1. The Morgan fingerprint density at radius 1 is 1.06 bits per heavy atom. The van der Waals surface area contributed by atoms with E-state index in [2.05, 4.69) is 20.1 Å². The molecule has 32 heavy (non-hydrogen) atoms. The number of H-pyrrole nitrogens is 1. The zero-order valence-electron chi connectivity index (χ0n) is 16.6. The number of rotatable bonds is 4. The van der Waals surface area contributed by atoms with Crippen LogP contribution in [-0.4, -0.2) is 30.6 Å². The fourth-order valence-corrected chi connectivity index (χ4v) is 4.49. The van der Waals surface area contributed by atoms with Crippen LogP contribution in [0.25, 0.3) is 22.3 Å². The molecular weight excluding hydrogens is 421 g/mol. The van der Waals surface area contributed by atoms with Gasteiger partial charge in [-0.25, -0.2) is 4.98 Å². The second-order valence-corrected chi connectivity index (χ2v) is 8.24. The van der Waals surface area contributed by atoms with E-state index in [-0.39, 0.29) is 28.1 Å². The fourth-order valence-electron chi connectivity index (χ4n) is 4.49. The second-order valence-electron chi connectivity index (χ2n) is 8.24. The highest BCUT2D eigenvalue weighted by Gasteiger charge is 2.55. The van der Waals surface area contributed by atoms with Crippen LogP contribution < -0.4 is 4.90 Å². The third-order valence-corrected chi connectivity index (χ3v) is 6.22. The number of benzene rings is 1. The molecule has 1 saturated carbocycles. The van der Waals surface area contributed by atoms with Crippen molar-refractivity contribution >= 4 is 22.6 Å². The van der Waals surface area contributed by atoms with Gasteiger partial charge in [-0.1, -0.05) is 6.07 Å². The maximum Gasteiger partial charge on any atom is 0.504 e. The van der Waals surface area contributed by atoms with Crippen LogP contribution >= 0.6 is 0 Å². The summed E-state index contributed by atoms with van der Waals surface area (Å²) in [5.41, 5.74) is 3.98. The Balaban J connectivity index is 1.33. The van der Waals surface area contributed by atoms with E-state index in [1.165, 1.54) is 0 Å². The van der Waals surface area contributed by atoms with Crippen molar-refractivity contribution in [1.29, 1.82) is 0 Å². The number of nitrogens with one attached hydrogen (secondary N) is 1. The van der Waals surface area contributed by atoms with Crippen LogP contribution in [0.2, 0.25) is 0 Å². The highest BCUT2D eigenvalue weighted by atomic mass is 19.4. The number of pyridine rings is 1. The SMILES string of the molecule is O=C1[C@@H](C2CC2)[C@@H](c2ccc(-c3cnn(C(F)(F)F)c3)nc2)N1c1ccc2nc[nH]c2c1. The molecule has 0 bridgehead atoms. The summed E-state index contributed by atoms with van der Waals surface area (Å²) >= 11 is 0. The van der Waals surface area contributed by atoms with E-state index < -0.39 is 6.30 Å². The lowest BCUT2D eigenvalue weighted by Crippen LogP contribution is -2.56. The molecule has 3 aromatic heterocycles. The molecule has 2 fully saturated rings. The van der Waals surface area contributed by atoms with Crippen LogP contribution in [0.3, 0.4) is 0 Å². The van der Waals surface area contributed by atoms with Gasteiger partial charge in [0.1, 0.15) is 0 Å². The summed E-state index contributed by atoms with van der Waals surface area (Å²) in [6.45, 7) is 0. The molecule has 6 rings (SSSR count). The number of β-lactam (4-membered cyclic amide) rings is 1.